The molecule has 26 heavy (non-hydrogen) atoms. The lowest BCUT2D eigenvalue weighted by molar-refractivity contribution is -0.361. The van der Waals surface area contributed by atoms with Crippen molar-refractivity contribution < 1.29 is 35.5 Å². The predicted octanol–water partition coefficient (Wildman–Crippen LogP) is 5.74. The van der Waals surface area contributed by atoms with Crippen LogP contribution >= 0.6 is 23.2 Å². The molecule has 148 valence electrons. The summed E-state index contributed by atoms with van der Waals surface area (Å²) in [4.78, 5) is 0. The molecule has 1 rings (SSSR count). The van der Waals surface area contributed by atoms with Crippen molar-refractivity contribution in [3.05, 3.63) is 27.7 Å². The lowest BCUT2D eigenvalue weighted by Crippen LogP contribution is -2.58. The van der Waals surface area contributed by atoms with Crippen molar-refractivity contribution in [1.82, 2.24) is 5.43 Å². The fraction of sp³-hybridized carbons (Fsp3) is 0.500. The lowest BCUT2D eigenvalue weighted by Gasteiger charge is -2.27. The van der Waals surface area contributed by atoms with E-state index >= 15 is 0 Å². The zero-order valence-corrected chi connectivity index (χ0v) is 14.8. The van der Waals surface area contributed by atoms with Crippen LogP contribution in [0.25, 0.3) is 0 Å². The van der Waals surface area contributed by atoms with Crippen molar-refractivity contribution in [2.75, 3.05) is 6.61 Å². The molecule has 0 aliphatic carbocycles. The van der Waals surface area contributed by atoms with Gasteiger partial charge < -0.3 is 4.74 Å². The Morgan fingerprint density at radius 1 is 1.12 bits per heavy atom. The molecule has 0 atom stereocenters. The van der Waals surface area contributed by atoms with Gasteiger partial charge in [0.05, 0.1) is 17.8 Å². The normalized spacial score (nSPS) is 13.5. The molecule has 0 aromatic heterocycles. The number of ether oxygens (including phenoxy) is 1. The Bertz CT molecular complexity index is 663. The third-order valence-electron chi connectivity index (χ3n) is 2.76. The third-order valence-corrected chi connectivity index (χ3v) is 3.26. The van der Waals surface area contributed by atoms with Gasteiger partial charge in [0.1, 0.15) is 5.75 Å². The summed E-state index contributed by atoms with van der Waals surface area (Å²) in [5.41, 5.74) is 0.414. The van der Waals surface area contributed by atoms with E-state index in [0.29, 0.717) is 11.6 Å². The van der Waals surface area contributed by atoms with E-state index in [1.807, 2.05) is 0 Å². The van der Waals surface area contributed by atoms with Crippen molar-refractivity contribution in [1.29, 1.82) is 0 Å². The van der Waals surface area contributed by atoms with E-state index in [9.17, 15) is 30.7 Å². The second-order valence-electron chi connectivity index (χ2n) is 5.53. The van der Waals surface area contributed by atoms with E-state index in [4.69, 9.17) is 27.9 Å². The Kier molecular flexibility index (Phi) is 7.03. The zero-order chi connectivity index (χ0) is 20.3. The van der Waals surface area contributed by atoms with Gasteiger partial charge in [0, 0.05) is 10.6 Å². The van der Waals surface area contributed by atoms with E-state index in [1.165, 1.54) is 6.07 Å². The lowest BCUT2D eigenvalue weighted by atomic mass is 10.2. The first-order chi connectivity index (χ1) is 11.7. The van der Waals surface area contributed by atoms with Gasteiger partial charge in [0.2, 0.25) is 0 Å². The van der Waals surface area contributed by atoms with E-state index in [1.54, 1.807) is 13.8 Å². The van der Waals surface area contributed by atoms with Gasteiger partial charge in [-0.25, -0.2) is 5.43 Å². The van der Waals surface area contributed by atoms with Crippen molar-refractivity contribution in [3.63, 3.8) is 0 Å². The molecule has 0 radical (unpaired) electrons. The molecule has 0 aliphatic heterocycles. The number of alkyl halides is 7. The van der Waals surface area contributed by atoms with E-state index < -0.39 is 18.1 Å². The molecular weight excluding hydrogens is 416 g/mol. The second-order valence-corrected chi connectivity index (χ2v) is 6.37. The van der Waals surface area contributed by atoms with Crippen LogP contribution < -0.4 is 10.2 Å². The zero-order valence-electron chi connectivity index (χ0n) is 13.3. The van der Waals surface area contributed by atoms with Crippen molar-refractivity contribution in [3.8, 4) is 5.75 Å². The Labute approximate surface area is 154 Å². The predicted molar refractivity (Wildman–Crippen MR) is 83.5 cm³/mol. The molecule has 1 aromatic carbocycles. The number of nitrogens with one attached hydrogen (secondary N) is 1. The van der Waals surface area contributed by atoms with Crippen LogP contribution in [0.5, 0.6) is 5.75 Å². The molecule has 0 unspecified atom stereocenters. The number of benzene rings is 1. The molecule has 0 spiro atoms. The van der Waals surface area contributed by atoms with Crippen LogP contribution in [0.1, 0.15) is 19.4 Å². The van der Waals surface area contributed by atoms with Crippen LogP contribution in [-0.4, -0.2) is 31.0 Å². The standard InChI is InChI=1S/C14H13Cl2F7N2O/c1-7(2)6-26-11-8(3-9(15)4-10(11)16)5-24-25-14(22,23)12(17,18)13(19,20)21/h3-5,7,25H,6H2,1-2H3/b24-5-. The first kappa shape index (κ1) is 22.6. The van der Waals surface area contributed by atoms with Crippen LogP contribution in [-0.2, 0) is 0 Å². The monoisotopic (exact) mass is 428 g/mol. The van der Waals surface area contributed by atoms with E-state index in [-0.39, 0.29) is 33.9 Å². The molecular formula is C14H13Cl2F7N2O. The largest absolute Gasteiger partial charge is 0.491 e. The van der Waals surface area contributed by atoms with Gasteiger partial charge in [0.15, 0.2) is 0 Å². The Hall–Kier alpha value is -1.42. The molecule has 1 aromatic rings. The summed E-state index contributed by atoms with van der Waals surface area (Å²) in [6, 6.07) is -3.24. The number of rotatable bonds is 7. The maximum atomic E-state index is 13.1. The number of halogens is 9. The number of hydrogen-bond acceptors (Lipinski definition) is 3. The molecule has 0 bridgehead atoms. The summed E-state index contributed by atoms with van der Waals surface area (Å²) in [6.07, 6.45) is -5.92. The third kappa shape index (κ3) is 5.29. The quantitative estimate of drug-likeness (QED) is 0.260. The summed E-state index contributed by atoms with van der Waals surface area (Å²) in [5.74, 6) is -6.32. The molecule has 0 aliphatic rings. The fourth-order valence-corrected chi connectivity index (χ4v) is 2.07. The average Bonchev–Trinajstić information content (AvgIpc) is 2.44. The highest BCUT2D eigenvalue weighted by Crippen LogP contribution is 2.45. The summed E-state index contributed by atoms with van der Waals surface area (Å²) in [5, 5.41) is 2.78. The first-order valence-electron chi connectivity index (χ1n) is 6.93. The minimum absolute atomic E-state index is 0.0213. The maximum Gasteiger partial charge on any atom is 0.462 e. The summed E-state index contributed by atoms with van der Waals surface area (Å²) in [6.45, 7) is 3.77. The highest BCUT2D eigenvalue weighted by Gasteiger charge is 2.73. The molecule has 0 fully saturated rings. The van der Waals surface area contributed by atoms with Crippen molar-refractivity contribution in [2.45, 2.75) is 32.0 Å². The number of hydrogen-bond donors (Lipinski definition) is 1. The second kappa shape index (κ2) is 8.08. The van der Waals surface area contributed by atoms with E-state index in [0.717, 1.165) is 6.07 Å². The summed E-state index contributed by atoms with van der Waals surface area (Å²) in [7, 11) is 0. The Morgan fingerprint density at radius 2 is 1.69 bits per heavy atom. The first-order valence-corrected chi connectivity index (χ1v) is 7.69. The minimum Gasteiger partial charge on any atom is -0.491 e. The fourth-order valence-electron chi connectivity index (χ4n) is 1.51. The van der Waals surface area contributed by atoms with Crippen LogP contribution in [0.15, 0.2) is 17.2 Å². The van der Waals surface area contributed by atoms with Gasteiger partial charge in [-0.1, -0.05) is 37.0 Å². The van der Waals surface area contributed by atoms with Gasteiger partial charge in [-0.3, -0.25) is 0 Å². The van der Waals surface area contributed by atoms with Crippen LogP contribution in [0.2, 0.25) is 10.0 Å². The van der Waals surface area contributed by atoms with Crippen LogP contribution in [0.3, 0.4) is 0 Å². The van der Waals surface area contributed by atoms with Gasteiger partial charge in [-0.15, -0.1) is 0 Å². The smallest absolute Gasteiger partial charge is 0.462 e. The Morgan fingerprint density at radius 3 is 2.19 bits per heavy atom. The van der Waals surface area contributed by atoms with Crippen molar-refractivity contribution in [2.24, 2.45) is 11.0 Å². The van der Waals surface area contributed by atoms with E-state index in [2.05, 4.69) is 5.10 Å². The Balaban J connectivity index is 3.08. The molecule has 12 heteroatoms. The molecule has 3 nitrogen and oxygen atoms in total. The molecule has 0 heterocycles. The van der Waals surface area contributed by atoms with Crippen LogP contribution in [0.4, 0.5) is 30.7 Å². The van der Waals surface area contributed by atoms with Gasteiger partial charge in [-0.2, -0.15) is 35.8 Å². The van der Waals surface area contributed by atoms with Gasteiger partial charge in [0.25, 0.3) is 0 Å². The van der Waals surface area contributed by atoms with Crippen LogP contribution in [0, 0.1) is 5.92 Å². The van der Waals surface area contributed by atoms with Crippen molar-refractivity contribution >= 4 is 29.4 Å². The highest BCUT2D eigenvalue weighted by molar-refractivity contribution is 6.36. The average molecular weight is 429 g/mol. The number of nitrogens with zero attached hydrogens (tertiary/aromatic N) is 1. The molecule has 1 N–H and O–H groups in total. The SMILES string of the molecule is CC(C)COc1c(Cl)cc(Cl)cc1/C=N\NC(F)(F)C(F)(F)C(F)(F)F. The van der Waals surface area contributed by atoms with Gasteiger partial charge >= 0.3 is 18.1 Å². The summed E-state index contributed by atoms with van der Waals surface area (Å²) >= 11 is 11.7. The number of hydrazone groups is 1. The van der Waals surface area contributed by atoms with Gasteiger partial charge in [-0.05, 0) is 18.1 Å². The maximum absolute atomic E-state index is 13.1. The molecule has 0 saturated carbocycles. The minimum atomic E-state index is -6.47. The topological polar surface area (TPSA) is 33.6 Å². The highest BCUT2D eigenvalue weighted by atomic mass is 35.5. The molecule has 0 saturated heterocycles. The molecule has 0 amide bonds. The summed E-state index contributed by atoms with van der Waals surface area (Å²) < 4.78 is 93.3.